The van der Waals surface area contributed by atoms with E-state index >= 15 is 0 Å². The van der Waals surface area contributed by atoms with E-state index in [0.29, 0.717) is 12.6 Å². The van der Waals surface area contributed by atoms with E-state index in [1.165, 1.54) is 18.6 Å². The molecule has 0 aromatic heterocycles. The lowest BCUT2D eigenvalue weighted by molar-refractivity contribution is 0.283. The highest BCUT2D eigenvalue weighted by Gasteiger charge is 1.94. The van der Waals surface area contributed by atoms with Crippen LogP contribution in [0.2, 0.25) is 0 Å². The summed E-state index contributed by atoms with van der Waals surface area (Å²) in [6, 6.07) is 0.326. The molecule has 0 aliphatic rings. The van der Waals surface area contributed by atoms with Gasteiger partial charge in [0.05, 0.1) is 0 Å². The second-order valence-corrected chi connectivity index (χ2v) is 4.34. The molecule has 0 aliphatic heterocycles. The highest BCUT2D eigenvalue weighted by molar-refractivity contribution is 7.99. The summed E-state index contributed by atoms with van der Waals surface area (Å²) in [4.78, 5) is 0. The second kappa shape index (κ2) is 9.36. The van der Waals surface area contributed by atoms with Crippen LogP contribution in [-0.2, 0) is 0 Å². The minimum absolute atomic E-state index is 0.326. The molecule has 0 spiro atoms. The molecule has 0 aliphatic carbocycles. The minimum Gasteiger partial charge on any atom is -0.396 e. The summed E-state index contributed by atoms with van der Waals surface area (Å²) in [6.45, 7) is 2.38. The fourth-order valence-electron chi connectivity index (χ4n) is 0.939. The van der Waals surface area contributed by atoms with E-state index in [2.05, 4.69) is 0 Å². The molecule has 0 fully saturated rings. The third kappa shape index (κ3) is 10.3. The number of thioether (sulfide) groups is 1. The smallest absolute Gasteiger partial charge is 0.0431 e. The van der Waals surface area contributed by atoms with E-state index in [1.807, 2.05) is 18.7 Å². The Morgan fingerprint density at radius 1 is 1.25 bits per heavy atom. The van der Waals surface area contributed by atoms with E-state index in [0.717, 1.165) is 18.6 Å². The van der Waals surface area contributed by atoms with Crippen molar-refractivity contribution in [3.05, 3.63) is 0 Å². The first kappa shape index (κ1) is 12.3. The van der Waals surface area contributed by atoms with Gasteiger partial charge in [-0.1, -0.05) is 12.8 Å². The lowest BCUT2D eigenvalue weighted by Crippen LogP contribution is -2.17. The molecule has 0 saturated carbocycles. The zero-order valence-electron chi connectivity index (χ0n) is 7.96. The van der Waals surface area contributed by atoms with Gasteiger partial charge in [-0.15, -0.1) is 0 Å². The third-order valence-electron chi connectivity index (χ3n) is 1.58. The molecule has 3 heteroatoms. The molecule has 74 valence electrons. The first-order chi connectivity index (χ1) is 5.77. The molecule has 12 heavy (non-hydrogen) atoms. The predicted octanol–water partition coefficient (Wildman–Crippen LogP) is 1.62. The molecule has 2 nitrogen and oxygen atoms in total. The van der Waals surface area contributed by atoms with Crippen molar-refractivity contribution in [2.75, 3.05) is 18.1 Å². The Bertz CT molecular complexity index is 88.6. The topological polar surface area (TPSA) is 46.2 Å². The van der Waals surface area contributed by atoms with Gasteiger partial charge in [-0.2, -0.15) is 11.8 Å². The van der Waals surface area contributed by atoms with Gasteiger partial charge < -0.3 is 10.8 Å². The highest BCUT2D eigenvalue weighted by Crippen LogP contribution is 2.07. The Labute approximate surface area is 79.9 Å². The molecule has 0 bridgehead atoms. The number of aliphatic hydroxyl groups is 1. The van der Waals surface area contributed by atoms with Gasteiger partial charge in [0.15, 0.2) is 0 Å². The van der Waals surface area contributed by atoms with Crippen molar-refractivity contribution >= 4 is 11.8 Å². The second-order valence-electron chi connectivity index (χ2n) is 3.19. The molecule has 3 N–H and O–H groups in total. The van der Waals surface area contributed by atoms with Crippen LogP contribution in [-0.4, -0.2) is 29.3 Å². The molecule has 0 aromatic rings. The van der Waals surface area contributed by atoms with E-state index < -0.39 is 0 Å². The molecule has 1 atom stereocenters. The van der Waals surface area contributed by atoms with Gasteiger partial charge in [0.25, 0.3) is 0 Å². The molecule has 0 heterocycles. The predicted molar refractivity (Wildman–Crippen MR) is 56.5 cm³/mol. The van der Waals surface area contributed by atoms with Gasteiger partial charge in [0.1, 0.15) is 0 Å². The van der Waals surface area contributed by atoms with Crippen LogP contribution in [0.4, 0.5) is 0 Å². The largest absolute Gasteiger partial charge is 0.396 e. The Morgan fingerprint density at radius 2 is 1.92 bits per heavy atom. The van der Waals surface area contributed by atoms with Gasteiger partial charge in [-0.3, -0.25) is 0 Å². The normalized spacial score (nSPS) is 13.2. The first-order valence-corrected chi connectivity index (χ1v) is 5.87. The third-order valence-corrected chi connectivity index (χ3v) is 2.92. The van der Waals surface area contributed by atoms with Crippen LogP contribution in [0, 0.1) is 0 Å². The number of rotatable bonds is 8. The van der Waals surface area contributed by atoms with Gasteiger partial charge in [0, 0.05) is 18.4 Å². The van der Waals surface area contributed by atoms with Crippen molar-refractivity contribution < 1.29 is 5.11 Å². The zero-order chi connectivity index (χ0) is 9.23. The summed E-state index contributed by atoms with van der Waals surface area (Å²) < 4.78 is 0. The Balaban J connectivity index is 2.82. The number of unbranched alkanes of at least 4 members (excludes halogenated alkanes) is 3. The number of aliphatic hydroxyl groups excluding tert-OH is 1. The molecular formula is C9H21NOS. The van der Waals surface area contributed by atoms with Gasteiger partial charge >= 0.3 is 0 Å². The maximum absolute atomic E-state index is 8.52. The van der Waals surface area contributed by atoms with Gasteiger partial charge in [-0.05, 0) is 25.5 Å². The van der Waals surface area contributed by atoms with E-state index in [9.17, 15) is 0 Å². The number of nitrogens with two attached hydrogens (primary N) is 1. The van der Waals surface area contributed by atoms with Crippen molar-refractivity contribution in [1.29, 1.82) is 0 Å². The quantitative estimate of drug-likeness (QED) is 0.573. The molecule has 0 amide bonds. The fraction of sp³-hybridized carbons (Fsp3) is 1.00. The Morgan fingerprint density at radius 3 is 2.50 bits per heavy atom. The first-order valence-electron chi connectivity index (χ1n) is 4.71. The standard InChI is InChI=1S/C9H21NOS/c1-9(10)8-12-7-5-3-2-4-6-11/h9,11H,2-8,10H2,1H3. The van der Waals surface area contributed by atoms with Crippen LogP contribution < -0.4 is 5.73 Å². The van der Waals surface area contributed by atoms with Crippen LogP contribution in [0.15, 0.2) is 0 Å². The fourth-order valence-corrected chi connectivity index (χ4v) is 1.89. The summed E-state index contributed by atoms with van der Waals surface area (Å²) in [5.41, 5.74) is 5.60. The van der Waals surface area contributed by atoms with Crippen LogP contribution in [0.25, 0.3) is 0 Å². The van der Waals surface area contributed by atoms with Crippen molar-refractivity contribution in [2.45, 2.75) is 38.6 Å². The average molecular weight is 191 g/mol. The molecule has 0 saturated heterocycles. The van der Waals surface area contributed by atoms with E-state index in [1.54, 1.807) is 0 Å². The maximum atomic E-state index is 8.52. The molecule has 0 aromatic carbocycles. The maximum Gasteiger partial charge on any atom is 0.0431 e. The summed E-state index contributed by atoms with van der Waals surface area (Å²) >= 11 is 1.93. The van der Waals surface area contributed by atoms with E-state index in [-0.39, 0.29) is 0 Å². The summed E-state index contributed by atoms with van der Waals surface area (Å²) in [5, 5.41) is 8.52. The lowest BCUT2D eigenvalue weighted by Gasteiger charge is -2.03. The van der Waals surface area contributed by atoms with Crippen LogP contribution >= 0.6 is 11.8 Å². The van der Waals surface area contributed by atoms with Gasteiger partial charge in [-0.25, -0.2) is 0 Å². The molecule has 0 radical (unpaired) electrons. The lowest BCUT2D eigenvalue weighted by atomic mass is 10.2. The Kier molecular flexibility index (Phi) is 9.57. The Hall–Kier alpha value is 0.270. The summed E-state index contributed by atoms with van der Waals surface area (Å²) in [6.07, 6.45) is 4.62. The summed E-state index contributed by atoms with van der Waals surface area (Å²) in [7, 11) is 0. The van der Waals surface area contributed by atoms with Crippen LogP contribution in [0.1, 0.15) is 32.6 Å². The van der Waals surface area contributed by atoms with Crippen molar-refractivity contribution in [3.8, 4) is 0 Å². The zero-order valence-corrected chi connectivity index (χ0v) is 8.78. The SMILES string of the molecule is CC(N)CSCCCCCCO. The molecular weight excluding hydrogens is 170 g/mol. The summed E-state index contributed by atoms with van der Waals surface area (Å²) in [5.74, 6) is 2.28. The molecule has 0 rings (SSSR count). The van der Waals surface area contributed by atoms with Crippen molar-refractivity contribution in [3.63, 3.8) is 0 Å². The van der Waals surface area contributed by atoms with E-state index in [4.69, 9.17) is 10.8 Å². The van der Waals surface area contributed by atoms with Crippen molar-refractivity contribution in [2.24, 2.45) is 5.73 Å². The minimum atomic E-state index is 0.326. The monoisotopic (exact) mass is 191 g/mol. The average Bonchev–Trinajstić information content (AvgIpc) is 2.02. The van der Waals surface area contributed by atoms with Crippen molar-refractivity contribution in [1.82, 2.24) is 0 Å². The van der Waals surface area contributed by atoms with Crippen LogP contribution in [0.3, 0.4) is 0 Å². The highest BCUT2D eigenvalue weighted by atomic mass is 32.2. The van der Waals surface area contributed by atoms with Gasteiger partial charge in [0.2, 0.25) is 0 Å². The molecule has 1 unspecified atom stereocenters. The van der Waals surface area contributed by atoms with Crippen LogP contribution in [0.5, 0.6) is 0 Å². The number of hydrogen-bond donors (Lipinski definition) is 2. The number of hydrogen-bond acceptors (Lipinski definition) is 3.